The molecule has 2 aromatic carbocycles. The molecule has 1 N–H and O–H groups in total. The number of para-hydroxylation sites is 2. The summed E-state index contributed by atoms with van der Waals surface area (Å²) in [4.78, 5) is 9.27. The normalized spacial score (nSPS) is 11.4. The number of rotatable bonds is 3. The Kier molecular flexibility index (Phi) is 3.08. The Bertz CT molecular complexity index is 1010. The third-order valence-corrected chi connectivity index (χ3v) is 4.43. The van der Waals surface area contributed by atoms with Gasteiger partial charge in [0, 0.05) is 19.8 Å². The summed E-state index contributed by atoms with van der Waals surface area (Å²) in [5.74, 6) is 2.04. The van der Waals surface area contributed by atoms with E-state index in [9.17, 15) is 0 Å². The van der Waals surface area contributed by atoms with Gasteiger partial charge in [0.2, 0.25) is 0 Å². The van der Waals surface area contributed by atoms with Crippen LogP contribution in [0, 0.1) is 6.92 Å². The van der Waals surface area contributed by atoms with Gasteiger partial charge in [-0.3, -0.25) is 0 Å². The molecular formula is C18H19N5. The van der Waals surface area contributed by atoms with Crippen LogP contribution in [0.2, 0.25) is 0 Å². The second-order valence-electron chi connectivity index (χ2n) is 5.85. The highest BCUT2D eigenvalue weighted by Crippen LogP contribution is 2.20. The molecule has 4 aromatic rings. The molecule has 23 heavy (non-hydrogen) atoms. The van der Waals surface area contributed by atoms with Gasteiger partial charge >= 0.3 is 0 Å². The molecule has 0 atom stereocenters. The SMILES string of the molecule is Cc1nc2cc(NCc3nc4ccccc4n3C)ccc2n1C. The highest BCUT2D eigenvalue weighted by atomic mass is 15.1. The molecule has 0 saturated heterocycles. The predicted octanol–water partition coefficient (Wildman–Crippen LogP) is 3.38. The summed E-state index contributed by atoms with van der Waals surface area (Å²) in [6.45, 7) is 2.70. The van der Waals surface area contributed by atoms with Crippen LogP contribution in [0.5, 0.6) is 0 Å². The van der Waals surface area contributed by atoms with Crippen LogP contribution in [-0.4, -0.2) is 19.1 Å². The number of aromatic nitrogens is 4. The fraction of sp³-hybridized carbons (Fsp3) is 0.222. The molecule has 2 heterocycles. The monoisotopic (exact) mass is 305 g/mol. The predicted molar refractivity (Wildman–Crippen MR) is 93.5 cm³/mol. The fourth-order valence-electron chi connectivity index (χ4n) is 2.96. The van der Waals surface area contributed by atoms with E-state index in [1.807, 2.05) is 32.2 Å². The summed E-state index contributed by atoms with van der Waals surface area (Å²) in [5.41, 5.74) is 5.40. The van der Waals surface area contributed by atoms with Gasteiger partial charge in [-0.1, -0.05) is 12.1 Å². The average Bonchev–Trinajstić information content (AvgIpc) is 3.03. The van der Waals surface area contributed by atoms with Crippen molar-refractivity contribution in [2.24, 2.45) is 14.1 Å². The first kappa shape index (κ1) is 13.8. The van der Waals surface area contributed by atoms with Crippen molar-refractivity contribution < 1.29 is 0 Å². The van der Waals surface area contributed by atoms with Crippen molar-refractivity contribution in [2.45, 2.75) is 13.5 Å². The molecule has 116 valence electrons. The maximum absolute atomic E-state index is 4.69. The summed E-state index contributed by atoms with van der Waals surface area (Å²) in [6, 6.07) is 14.5. The first-order valence-electron chi connectivity index (χ1n) is 7.71. The topological polar surface area (TPSA) is 47.7 Å². The van der Waals surface area contributed by atoms with Gasteiger partial charge in [0.05, 0.1) is 28.6 Å². The Morgan fingerprint density at radius 3 is 2.52 bits per heavy atom. The van der Waals surface area contributed by atoms with Crippen molar-refractivity contribution in [3.63, 3.8) is 0 Å². The Hall–Kier alpha value is -2.82. The minimum absolute atomic E-state index is 0.683. The first-order valence-corrected chi connectivity index (χ1v) is 7.71. The molecule has 5 nitrogen and oxygen atoms in total. The highest BCUT2D eigenvalue weighted by molar-refractivity contribution is 5.80. The van der Waals surface area contributed by atoms with Crippen LogP contribution in [0.3, 0.4) is 0 Å². The van der Waals surface area contributed by atoms with Crippen molar-refractivity contribution in [3.8, 4) is 0 Å². The molecule has 0 aliphatic heterocycles. The molecule has 0 amide bonds. The quantitative estimate of drug-likeness (QED) is 0.631. The van der Waals surface area contributed by atoms with Crippen LogP contribution < -0.4 is 5.32 Å². The van der Waals surface area contributed by atoms with Gasteiger partial charge in [-0.15, -0.1) is 0 Å². The standard InChI is InChI=1S/C18H19N5/c1-12-20-15-10-13(8-9-17(15)22(12)2)19-11-18-21-14-6-4-5-7-16(14)23(18)3/h4-10,19H,11H2,1-3H3. The van der Waals surface area contributed by atoms with Gasteiger partial charge in [-0.2, -0.15) is 0 Å². The third kappa shape index (κ3) is 2.25. The molecule has 0 radical (unpaired) electrons. The van der Waals surface area contributed by atoms with Crippen molar-refractivity contribution in [1.29, 1.82) is 0 Å². The maximum atomic E-state index is 4.69. The van der Waals surface area contributed by atoms with E-state index in [0.717, 1.165) is 39.4 Å². The lowest BCUT2D eigenvalue weighted by molar-refractivity contribution is 0.834. The van der Waals surface area contributed by atoms with Gasteiger partial charge in [0.1, 0.15) is 11.6 Å². The number of hydrogen-bond acceptors (Lipinski definition) is 3. The Morgan fingerprint density at radius 1 is 0.913 bits per heavy atom. The zero-order valence-electron chi connectivity index (χ0n) is 13.5. The van der Waals surface area contributed by atoms with Crippen LogP contribution in [-0.2, 0) is 20.6 Å². The van der Waals surface area contributed by atoms with E-state index in [0.29, 0.717) is 6.54 Å². The highest BCUT2D eigenvalue weighted by Gasteiger charge is 2.08. The van der Waals surface area contributed by atoms with E-state index in [2.05, 4.69) is 55.7 Å². The minimum Gasteiger partial charge on any atom is -0.378 e. The molecule has 0 bridgehead atoms. The van der Waals surface area contributed by atoms with E-state index < -0.39 is 0 Å². The van der Waals surface area contributed by atoms with Crippen molar-refractivity contribution in [1.82, 2.24) is 19.1 Å². The lowest BCUT2D eigenvalue weighted by Crippen LogP contribution is -2.05. The van der Waals surface area contributed by atoms with E-state index >= 15 is 0 Å². The fourth-order valence-corrected chi connectivity index (χ4v) is 2.96. The molecule has 0 aliphatic carbocycles. The van der Waals surface area contributed by atoms with Crippen LogP contribution in [0.25, 0.3) is 22.1 Å². The molecule has 0 saturated carbocycles. The molecular weight excluding hydrogens is 286 g/mol. The number of hydrogen-bond donors (Lipinski definition) is 1. The van der Waals surface area contributed by atoms with Crippen LogP contribution in [0.4, 0.5) is 5.69 Å². The maximum Gasteiger partial charge on any atom is 0.128 e. The zero-order chi connectivity index (χ0) is 16.0. The Balaban J connectivity index is 1.61. The summed E-state index contributed by atoms with van der Waals surface area (Å²) in [5, 5.41) is 3.45. The largest absolute Gasteiger partial charge is 0.378 e. The molecule has 5 heteroatoms. The van der Waals surface area contributed by atoms with Gasteiger partial charge < -0.3 is 14.5 Å². The Labute approximate surface area is 134 Å². The number of aryl methyl sites for hydroxylation is 3. The first-order chi connectivity index (χ1) is 11.1. The van der Waals surface area contributed by atoms with E-state index in [1.54, 1.807) is 0 Å². The molecule has 0 fully saturated rings. The number of nitrogens with one attached hydrogen (secondary N) is 1. The molecule has 4 rings (SSSR count). The Morgan fingerprint density at radius 2 is 1.70 bits per heavy atom. The molecule has 2 aromatic heterocycles. The third-order valence-electron chi connectivity index (χ3n) is 4.43. The molecule has 0 unspecified atom stereocenters. The second-order valence-corrected chi connectivity index (χ2v) is 5.85. The summed E-state index contributed by atoms with van der Waals surface area (Å²) >= 11 is 0. The summed E-state index contributed by atoms with van der Waals surface area (Å²) in [7, 11) is 4.09. The van der Waals surface area contributed by atoms with Crippen LogP contribution in [0.1, 0.15) is 11.6 Å². The van der Waals surface area contributed by atoms with E-state index in [1.165, 1.54) is 0 Å². The molecule has 0 aliphatic rings. The van der Waals surface area contributed by atoms with Crippen LogP contribution in [0.15, 0.2) is 42.5 Å². The van der Waals surface area contributed by atoms with Gasteiger partial charge in [0.15, 0.2) is 0 Å². The minimum atomic E-state index is 0.683. The second kappa shape index (κ2) is 5.12. The number of anilines is 1. The lowest BCUT2D eigenvalue weighted by atomic mass is 10.2. The van der Waals surface area contributed by atoms with Crippen molar-refractivity contribution in [3.05, 3.63) is 54.1 Å². The zero-order valence-corrected chi connectivity index (χ0v) is 13.5. The van der Waals surface area contributed by atoms with E-state index in [-0.39, 0.29) is 0 Å². The smallest absolute Gasteiger partial charge is 0.128 e. The van der Waals surface area contributed by atoms with Crippen molar-refractivity contribution in [2.75, 3.05) is 5.32 Å². The number of nitrogens with zero attached hydrogens (tertiary/aromatic N) is 4. The molecule has 0 spiro atoms. The lowest BCUT2D eigenvalue weighted by Gasteiger charge is -2.07. The van der Waals surface area contributed by atoms with E-state index in [4.69, 9.17) is 0 Å². The van der Waals surface area contributed by atoms with Crippen LogP contribution >= 0.6 is 0 Å². The summed E-state index contributed by atoms with van der Waals surface area (Å²) < 4.78 is 4.23. The van der Waals surface area contributed by atoms with Crippen molar-refractivity contribution >= 4 is 27.8 Å². The van der Waals surface area contributed by atoms with Gasteiger partial charge in [-0.05, 0) is 37.3 Å². The summed E-state index contributed by atoms with van der Waals surface area (Å²) in [6.07, 6.45) is 0. The van der Waals surface area contributed by atoms with Gasteiger partial charge in [-0.25, -0.2) is 9.97 Å². The average molecular weight is 305 g/mol. The number of imidazole rings is 2. The van der Waals surface area contributed by atoms with Gasteiger partial charge in [0.25, 0.3) is 0 Å². The number of fused-ring (bicyclic) bond motifs is 2. The number of benzene rings is 2.